The zero-order chi connectivity index (χ0) is 17.9. The molecule has 6 nitrogen and oxygen atoms in total. The number of carbonyl (C=O) groups excluding carboxylic acids is 1. The monoisotopic (exact) mass is 365 g/mol. The molecule has 24 heavy (non-hydrogen) atoms. The van der Waals surface area contributed by atoms with Crippen LogP contribution in [0.25, 0.3) is 0 Å². The van der Waals surface area contributed by atoms with E-state index in [-0.39, 0.29) is 18.2 Å². The smallest absolute Gasteiger partial charge is 0.278 e. The maximum absolute atomic E-state index is 12.2. The molecule has 2 aromatic rings. The van der Waals surface area contributed by atoms with Crippen molar-refractivity contribution in [3.8, 4) is 0 Å². The molecule has 0 saturated carbocycles. The third kappa shape index (κ3) is 4.43. The maximum atomic E-state index is 12.2. The maximum Gasteiger partial charge on any atom is 0.278 e. The predicted octanol–water partition coefficient (Wildman–Crippen LogP) is 2.95. The van der Waals surface area contributed by atoms with Gasteiger partial charge in [-0.25, -0.2) is 9.98 Å². The van der Waals surface area contributed by atoms with Crippen molar-refractivity contribution in [2.75, 3.05) is 0 Å². The molecule has 8 heteroatoms. The molecule has 0 aliphatic heterocycles. The van der Waals surface area contributed by atoms with Crippen LogP contribution >= 0.6 is 23.2 Å². The van der Waals surface area contributed by atoms with Crippen LogP contribution in [0.1, 0.15) is 33.1 Å². The van der Waals surface area contributed by atoms with Crippen LogP contribution in [0.3, 0.4) is 0 Å². The molecule has 0 radical (unpaired) electrons. The van der Waals surface area contributed by atoms with Crippen LogP contribution in [-0.2, 0) is 6.54 Å². The highest BCUT2D eigenvalue weighted by Gasteiger charge is 2.14. The summed E-state index contributed by atoms with van der Waals surface area (Å²) in [7, 11) is 0. The van der Waals surface area contributed by atoms with Gasteiger partial charge in [0, 0.05) is 10.0 Å². The number of aryl methyl sites for hydroxylation is 3. The Kier molecular flexibility index (Phi) is 5.75. The van der Waals surface area contributed by atoms with Crippen molar-refractivity contribution in [3.63, 3.8) is 0 Å². The van der Waals surface area contributed by atoms with Gasteiger partial charge in [0.05, 0.1) is 23.6 Å². The van der Waals surface area contributed by atoms with E-state index in [0.717, 1.165) is 11.3 Å². The lowest BCUT2D eigenvalue weighted by atomic mass is 10.2. The van der Waals surface area contributed by atoms with Crippen LogP contribution in [0.15, 0.2) is 23.2 Å². The highest BCUT2D eigenvalue weighted by Crippen LogP contribution is 2.21. The normalized spacial score (nSPS) is 11.5. The second kappa shape index (κ2) is 7.59. The topological polar surface area (TPSA) is 93.3 Å². The number of hydrogen-bond acceptors (Lipinski definition) is 4. The van der Waals surface area contributed by atoms with Gasteiger partial charge >= 0.3 is 0 Å². The van der Waals surface area contributed by atoms with Crippen molar-refractivity contribution < 1.29 is 4.79 Å². The Morgan fingerprint density at radius 3 is 2.50 bits per heavy atom. The predicted molar refractivity (Wildman–Crippen MR) is 95.5 cm³/mol. The Bertz CT molecular complexity index is 820. The van der Waals surface area contributed by atoms with Crippen molar-refractivity contribution in [1.82, 2.24) is 15.3 Å². The number of hydrogen-bond donors (Lipinski definition) is 2. The number of aliphatic imine (C=N–C) groups is 1. The van der Waals surface area contributed by atoms with Gasteiger partial charge in [0.1, 0.15) is 5.69 Å². The van der Waals surface area contributed by atoms with E-state index in [0.29, 0.717) is 21.4 Å². The first-order chi connectivity index (χ1) is 11.3. The van der Waals surface area contributed by atoms with Gasteiger partial charge in [-0.2, -0.15) is 0 Å². The van der Waals surface area contributed by atoms with Gasteiger partial charge in [0.2, 0.25) is 0 Å². The summed E-state index contributed by atoms with van der Waals surface area (Å²) in [6, 6.07) is 5.08. The van der Waals surface area contributed by atoms with Gasteiger partial charge in [-0.05, 0) is 38.5 Å². The van der Waals surface area contributed by atoms with Crippen LogP contribution in [0.5, 0.6) is 0 Å². The average molecular weight is 366 g/mol. The second-order valence-electron chi connectivity index (χ2n) is 5.22. The highest BCUT2D eigenvalue weighted by molar-refractivity contribution is 6.35. The number of rotatable bonds is 3. The summed E-state index contributed by atoms with van der Waals surface area (Å²) in [5, 5.41) is 3.53. The third-order valence-electron chi connectivity index (χ3n) is 3.37. The molecule has 126 valence electrons. The molecule has 0 aliphatic carbocycles. The molecule has 2 rings (SSSR count). The highest BCUT2D eigenvalue weighted by atomic mass is 35.5. The van der Waals surface area contributed by atoms with E-state index in [9.17, 15) is 4.79 Å². The quantitative estimate of drug-likeness (QED) is 0.645. The summed E-state index contributed by atoms with van der Waals surface area (Å²) < 4.78 is 0. The number of carbonyl (C=O) groups is 1. The van der Waals surface area contributed by atoms with Gasteiger partial charge in [-0.3, -0.25) is 15.1 Å². The minimum Gasteiger partial charge on any atom is -0.370 e. The lowest BCUT2D eigenvalue weighted by Gasteiger charge is -2.08. The lowest BCUT2D eigenvalue weighted by Crippen LogP contribution is -2.37. The van der Waals surface area contributed by atoms with Crippen molar-refractivity contribution in [2.24, 2.45) is 10.7 Å². The Hall–Kier alpha value is -2.18. The molecule has 1 aromatic heterocycles. The number of guanidine groups is 1. The summed E-state index contributed by atoms with van der Waals surface area (Å²) >= 11 is 11.9. The van der Waals surface area contributed by atoms with E-state index in [1.807, 2.05) is 6.92 Å². The molecule has 0 fully saturated rings. The molecule has 0 atom stereocenters. The van der Waals surface area contributed by atoms with Crippen molar-refractivity contribution in [1.29, 1.82) is 0 Å². The van der Waals surface area contributed by atoms with Crippen LogP contribution in [0, 0.1) is 20.8 Å². The molecule has 1 amide bonds. The second-order valence-corrected chi connectivity index (χ2v) is 6.06. The standard InChI is InChI=1S/C16H17Cl2N5O/c1-8-9(2)22-14(10(3)21-8)15(24)23-16(19)20-7-11-4-5-12(17)6-13(11)18/h4-6H,7H2,1-3H3,(H3,19,20,23,24). The summed E-state index contributed by atoms with van der Waals surface area (Å²) in [5.41, 5.74) is 8.73. The first kappa shape index (κ1) is 18.2. The van der Waals surface area contributed by atoms with E-state index < -0.39 is 5.91 Å². The molecule has 1 heterocycles. The van der Waals surface area contributed by atoms with Crippen LogP contribution in [0.4, 0.5) is 0 Å². The minimum atomic E-state index is -0.452. The fraction of sp³-hybridized carbons (Fsp3) is 0.250. The van der Waals surface area contributed by atoms with E-state index in [1.54, 1.807) is 32.0 Å². The molecule has 0 unspecified atom stereocenters. The Morgan fingerprint density at radius 1 is 1.17 bits per heavy atom. The SMILES string of the molecule is Cc1nc(C)c(C(=O)NC(N)=NCc2ccc(Cl)cc2Cl)nc1C. The number of aromatic nitrogens is 2. The Balaban J connectivity index is 2.10. The average Bonchev–Trinajstić information content (AvgIpc) is 2.50. The number of halogens is 2. The van der Waals surface area contributed by atoms with Crippen molar-refractivity contribution in [2.45, 2.75) is 27.3 Å². The fourth-order valence-electron chi connectivity index (χ4n) is 1.97. The van der Waals surface area contributed by atoms with Gasteiger partial charge in [-0.15, -0.1) is 0 Å². The van der Waals surface area contributed by atoms with Gasteiger partial charge < -0.3 is 5.73 Å². The molecule has 1 aromatic carbocycles. The van der Waals surface area contributed by atoms with Gasteiger partial charge in [-0.1, -0.05) is 29.3 Å². The van der Waals surface area contributed by atoms with E-state index in [1.165, 1.54) is 0 Å². The number of benzene rings is 1. The summed E-state index contributed by atoms with van der Waals surface area (Å²) in [5.74, 6) is -0.475. The van der Waals surface area contributed by atoms with Gasteiger partial charge in [0.15, 0.2) is 5.96 Å². The van der Waals surface area contributed by atoms with Crippen molar-refractivity contribution >= 4 is 35.1 Å². The molecule has 0 bridgehead atoms. The molecule has 3 N–H and O–H groups in total. The molecular weight excluding hydrogens is 349 g/mol. The summed E-state index contributed by atoms with van der Waals surface area (Å²) in [6.07, 6.45) is 0. The number of nitrogens with zero attached hydrogens (tertiary/aromatic N) is 3. The molecular formula is C16H17Cl2N5O. The lowest BCUT2D eigenvalue weighted by molar-refractivity contribution is 0.0970. The Labute approximate surface area is 150 Å². The number of nitrogens with one attached hydrogen (secondary N) is 1. The van der Waals surface area contributed by atoms with Crippen LogP contribution in [0.2, 0.25) is 10.0 Å². The van der Waals surface area contributed by atoms with Crippen molar-refractivity contribution in [3.05, 3.63) is 56.6 Å². The van der Waals surface area contributed by atoms with E-state index >= 15 is 0 Å². The largest absolute Gasteiger partial charge is 0.370 e. The molecule has 0 spiro atoms. The first-order valence-electron chi connectivity index (χ1n) is 7.15. The van der Waals surface area contributed by atoms with E-state index in [4.69, 9.17) is 28.9 Å². The molecule has 0 aliphatic rings. The minimum absolute atomic E-state index is 0.0227. The third-order valence-corrected chi connectivity index (χ3v) is 3.96. The van der Waals surface area contributed by atoms with Crippen LogP contribution in [-0.4, -0.2) is 21.8 Å². The summed E-state index contributed by atoms with van der Waals surface area (Å²) in [6.45, 7) is 5.57. The number of amides is 1. The summed E-state index contributed by atoms with van der Waals surface area (Å²) in [4.78, 5) is 24.9. The first-order valence-corrected chi connectivity index (χ1v) is 7.90. The molecule has 0 saturated heterocycles. The fourth-order valence-corrected chi connectivity index (χ4v) is 2.43. The Morgan fingerprint density at radius 2 is 1.83 bits per heavy atom. The number of nitrogens with two attached hydrogens (primary N) is 1. The van der Waals surface area contributed by atoms with E-state index in [2.05, 4.69) is 20.3 Å². The van der Waals surface area contributed by atoms with Crippen LogP contribution < -0.4 is 11.1 Å². The zero-order valence-corrected chi connectivity index (χ0v) is 15.0. The zero-order valence-electron chi connectivity index (χ0n) is 13.5. The van der Waals surface area contributed by atoms with Gasteiger partial charge in [0.25, 0.3) is 5.91 Å².